The van der Waals surface area contributed by atoms with E-state index in [-0.39, 0.29) is 23.8 Å². The number of fused-ring (bicyclic) bond motifs is 1. The molecule has 0 radical (unpaired) electrons. The van der Waals surface area contributed by atoms with Gasteiger partial charge in [0.25, 0.3) is 5.91 Å². The fourth-order valence-electron chi connectivity index (χ4n) is 9.37. The summed E-state index contributed by atoms with van der Waals surface area (Å²) in [5.41, 5.74) is 4.52. The van der Waals surface area contributed by atoms with E-state index in [2.05, 4.69) is 63.0 Å². The monoisotopic (exact) mass is 819 g/mol. The maximum absolute atomic E-state index is 14.6. The zero-order valence-corrected chi connectivity index (χ0v) is 37.2. The second-order valence-electron chi connectivity index (χ2n) is 16.6. The average molecular weight is 821 g/mol. The number of carbonyl (C=O) groups excluding carboxylic acids is 1. The summed E-state index contributed by atoms with van der Waals surface area (Å²) in [4.78, 5) is 30.3. The summed E-state index contributed by atoms with van der Waals surface area (Å²) in [6, 6.07) is 12.6. The highest BCUT2D eigenvalue weighted by atomic mass is 35.5. The highest BCUT2D eigenvalue weighted by Gasteiger charge is 2.46. The molecule has 0 bridgehead atoms. The minimum absolute atomic E-state index is 0.167. The first-order valence-electron chi connectivity index (χ1n) is 20.8. The van der Waals surface area contributed by atoms with E-state index in [1.54, 1.807) is 18.2 Å². The largest absolute Gasteiger partial charge is 0.480 e. The molecular weight excluding hydrogens is 757 g/mol. The van der Waals surface area contributed by atoms with Gasteiger partial charge in [-0.15, -0.1) is 0 Å². The summed E-state index contributed by atoms with van der Waals surface area (Å²) in [6.45, 7) is 19.6. The average Bonchev–Trinajstić information content (AvgIpc) is 3.70. The molecule has 2 atom stereocenters. The normalized spacial score (nSPS) is 15.0. The van der Waals surface area contributed by atoms with Crippen LogP contribution in [-0.4, -0.2) is 52.9 Å². The Balaban J connectivity index is 1.33. The molecule has 1 amide bonds. The Morgan fingerprint density at radius 2 is 1.40 bits per heavy atom. The second-order valence-corrected chi connectivity index (χ2v) is 17.5. The number of unbranched alkanes of at least 4 members (excludes halogenated alkanes) is 6. The fraction of sp³-hybridized carbons (Fsp3) is 0.565. The number of methoxy groups -OCH3 is 2. The third-order valence-electron chi connectivity index (χ3n) is 12.3. The lowest BCUT2D eigenvalue weighted by molar-refractivity contribution is 0.0356. The highest BCUT2D eigenvalue weighted by Crippen LogP contribution is 2.48. The van der Waals surface area contributed by atoms with Gasteiger partial charge < -0.3 is 18.8 Å². The number of imidazole rings is 1. The first kappa shape index (κ1) is 44.4. The number of anilines is 1. The third-order valence-corrected chi connectivity index (χ3v) is 12.8. The number of amides is 1. The predicted molar refractivity (Wildman–Crippen MR) is 232 cm³/mol. The van der Waals surface area contributed by atoms with Crippen LogP contribution in [0.25, 0.3) is 11.4 Å². The number of aryl methyl sites for hydroxylation is 1. The smallest absolute Gasteiger partial charge is 0.319 e. The van der Waals surface area contributed by atoms with Crippen molar-refractivity contribution >= 4 is 34.8 Å². The number of rotatable bonds is 21. The minimum Gasteiger partial charge on any atom is -0.480 e. The molecule has 2 aromatic heterocycles. The van der Waals surface area contributed by atoms with Gasteiger partial charge in [-0.1, -0.05) is 121 Å². The van der Waals surface area contributed by atoms with Crippen molar-refractivity contribution in [2.45, 2.75) is 119 Å². The molecule has 2 aromatic carbocycles. The van der Waals surface area contributed by atoms with Crippen molar-refractivity contribution in [3.8, 4) is 23.3 Å². The quantitative estimate of drug-likeness (QED) is 0.0773. The molecule has 0 spiro atoms. The van der Waals surface area contributed by atoms with Gasteiger partial charge in [-0.05, 0) is 85.3 Å². The van der Waals surface area contributed by atoms with Gasteiger partial charge in [0.15, 0.2) is 5.69 Å². The maximum atomic E-state index is 14.6. The van der Waals surface area contributed by atoms with E-state index in [4.69, 9.17) is 42.4 Å². The Kier molecular flexibility index (Phi) is 15.5. The van der Waals surface area contributed by atoms with E-state index in [0.29, 0.717) is 69.2 Å². The number of hydrogen-bond acceptors (Lipinski definition) is 7. The predicted octanol–water partition coefficient (Wildman–Crippen LogP) is 12.4. The molecule has 310 valence electrons. The first-order valence-corrected chi connectivity index (χ1v) is 21.5. The molecular formula is C46H63Cl2N5O4. The number of benzene rings is 2. The Labute approximate surface area is 350 Å². The van der Waals surface area contributed by atoms with Crippen LogP contribution in [0.2, 0.25) is 10.0 Å². The molecule has 11 heteroatoms. The Bertz CT molecular complexity index is 1920. The number of aromatic nitrogens is 4. The van der Waals surface area contributed by atoms with Gasteiger partial charge in [-0.3, -0.25) is 9.69 Å². The summed E-state index contributed by atoms with van der Waals surface area (Å²) in [6.07, 6.45) is 11.4. The minimum atomic E-state index is -0.534. The number of hydrogen-bond donors (Lipinski definition) is 0. The van der Waals surface area contributed by atoms with Crippen molar-refractivity contribution < 1.29 is 19.0 Å². The van der Waals surface area contributed by atoms with Crippen molar-refractivity contribution in [3.05, 3.63) is 81.2 Å². The van der Waals surface area contributed by atoms with Crippen molar-refractivity contribution in [2.24, 2.45) is 23.2 Å². The van der Waals surface area contributed by atoms with Gasteiger partial charge in [0.2, 0.25) is 5.88 Å². The van der Waals surface area contributed by atoms with Crippen LogP contribution in [-0.2, 0) is 4.74 Å². The van der Waals surface area contributed by atoms with E-state index < -0.39 is 6.04 Å². The molecule has 1 unspecified atom stereocenters. The molecule has 1 aliphatic heterocycles. The Hall–Kier alpha value is -3.66. The van der Waals surface area contributed by atoms with Crippen LogP contribution < -0.4 is 14.4 Å². The molecule has 0 saturated heterocycles. The molecule has 0 N–H and O–H groups in total. The summed E-state index contributed by atoms with van der Waals surface area (Å²) >= 11 is 12.9. The zero-order chi connectivity index (χ0) is 41.4. The van der Waals surface area contributed by atoms with Crippen LogP contribution in [0.5, 0.6) is 11.9 Å². The van der Waals surface area contributed by atoms with Crippen LogP contribution in [0.15, 0.2) is 48.7 Å². The van der Waals surface area contributed by atoms with Crippen molar-refractivity contribution in [2.75, 3.05) is 32.3 Å². The Morgan fingerprint density at radius 3 is 2.02 bits per heavy atom. The molecule has 1 aliphatic rings. The van der Waals surface area contributed by atoms with Gasteiger partial charge in [0.1, 0.15) is 11.9 Å². The SMILES string of the molecule is COc1ncc(-c2nc3c(n2[C@@H](C)COCCCCCCCCCC(C(C)C)(C(C)C)C(C)C)C(c2ccc(Cl)cc2)N(c2cc(Cl)ccc2C)C3=O)c(OC)n1. The molecule has 0 aliphatic carbocycles. The second kappa shape index (κ2) is 19.9. The lowest BCUT2D eigenvalue weighted by atomic mass is 9.60. The Morgan fingerprint density at radius 1 is 0.789 bits per heavy atom. The fourth-order valence-corrected chi connectivity index (χ4v) is 9.66. The van der Waals surface area contributed by atoms with Crippen LogP contribution in [0.3, 0.4) is 0 Å². The van der Waals surface area contributed by atoms with E-state index in [0.717, 1.165) is 29.7 Å². The number of ether oxygens (including phenoxy) is 3. The summed E-state index contributed by atoms with van der Waals surface area (Å²) in [5, 5.41) is 1.14. The standard InChI is InChI=1S/C46H63Cl2N5O4/c1-29(2)46(30(3)4,31(5)6)24-16-14-12-11-13-15-17-25-57-28-33(8)52-41-39(50-42(52)37-27-49-45(56-10)51-43(37)55-9)44(54)53(38-26-36(48)21-18-32(38)7)40(41)34-19-22-35(47)23-20-34/h18-23,26-27,29-31,33,40H,11-17,24-25,28H2,1-10H3/t33-,40?/m0/s1. The molecule has 9 nitrogen and oxygen atoms in total. The number of carbonyl (C=O) groups is 1. The van der Waals surface area contributed by atoms with Crippen molar-refractivity contribution in [1.82, 2.24) is 19.5 Å². The molecule has 57 heavy (non-hydrogen) atoms. The van der Waals surface area contributed by atoms with E-state index in [1.807, 2.05) is 49.4 Å². The van der Waals surface area contributed by atoms with E-state index in [1.165, 1.54) is 45.6 Å². The van der Waals surface area contributed by atoms with Gasteiger partial charge in [-0.25, -0.2) is 9.97 Å². The van der Waals surface area contributed by atoms with Crippen LogP contribution in [0, 0.1) is 30.1 Å². The van der Waals surface area contributed by atoms with Gasteiger partial charge in [-0.2, -0.15) is 4.98 Å². The van der Waals surface area contributed by atoms with Crippen LogP contribution in [0.1, 0.15) is 139 Å². The highest BCUT2D eigenvalue weighted by molar-refractivity contribution is 6.31. The lowest BCUT2D eigenvalue weighted by Crippen LogP contribution is -2.38. The third kappa shape index (κ3) is 9.63. The lowest BCUT2D eigenvalue weighted by Gasteiger charge is -2.45. The maximum Gasteiger partial charge on any atom is 0.319 e. The van der Waals surface area contributed by atoms with Gasteiger partial charge in [0, 0.05) is 28.5 Å². The summed E-state index contributed by atoms with van der Waals surface area (Å²) in [7, 11) is 3.05. The zero-order valence-electron chi connectivity index (χ0n) is 35.7. The van der Waals surface area contributed by atoms with E-state index >= 15 is 0 Å². The molecule has 3 heterocycles. The molecule has 4 aromatic rings. The van der Waals surface area contributed by atoms with Gasteiger partial charge in [0.05, 0.1) is 38.1 Å². The summed E-state index contributed by atoms with van der Waals surface area (Å²) in [5.74, 6) is 2.65. The topological polar surface area (TPSA) is 91.6 Å². The molecule has 0 saturated carbocycles. The molecule has 5 rings (SSSR count). The summed E-state index contributed by atoms with van der Waals surface area (Å²) < 4.78 is 19.5. The number of halogens is 2. The van der Waals surface area contributed by atoms with Crippen molar-refractivity contribution in [1.29, 1.82) is 0 Å². The van der Waals surface area contributed by atoms with Crippen molar-refractivity contribution in [3.63, 3.8) is 0 Å². The van der Waals surface area contributed by atoms with Gasteiger partial charge >= 0.3 is 6.01 Å². The van der Waals surface area contributed by atoms with Crippen LogP contribution >= 0.6 is 23.2 Å². The molecule has 0 fully saturated rings. The first-order chi connectivity index (χ1) is 27.3. The van der Waals surface area contributed by atoms with E-state index in [9.17, 15) is 4.79 Å². The van der Waals surface area contributed by atoms with Crippen LogP contribution in [0.4, 0.5) is 5.69 Å². The number of nitrogens with zero attached hydrogens (tertiary/aromatic N) is 5.